The number of phenolic OH excluding ortho intramolecular Hbond substituents is 2. The lowest BCUT2D eigenvalue weighted by atomic mass is 9.77. The van der Waals surface area contributed by atoms with Crippen molar-refractivity contribution in [3.8, 4) is 23.0 Å². The van der Waals surface area contributed by atoms with Crippen LogP contribution in [0, 0.1) is 22.2 Å². The molecule has 7 rings (SSSR count). The highest BCUT2D eigenvalue weighted by molar-refractivity contribution is 6.00. The van der Waals surface area contributed by atoms with Gasteiger partial charge < -0.3 is 68.6 Å². The van der Waals surface area contributed by atoms with E-state index in [0.717, 1.165) is 32.1 Å². The van der Waals surface area contributed by atoms with E-state index in [0.29, 0.717) is 132 Å². The van der Waals surface area contributed by atoms with Gasteiger partial charge in [-0.05, 0) is 94.7 Å². The number of ether oxygens (including phenoxy) is 9. The minimum atomic E-state index is -1.43. The highest BCUT2D eigenvalue weighted by atomic mass is 16.6. The fourth-order valence-electron chi connectivity index (χ4n) is 10.7. The summed E-state index contributed by atoms with van der Waals surface area (Å²) in [5.74, 6) is -0.572. The van der Waals surface area contributed by atoms with Gasteiger partial charge in [0.1, 0.15) is 34.4 Å². The van der Waals surface area contributed by atoms with Crippen molar-refractivity contribution in [1.29, 1.82) is 0 Å². The number of benzene rings is 3. The molecule has 23 heteroatoms. The van der Waals surface area contributed by atoms with Gasteiger partial charge in [-0.25, -0.2) is 9.48 Å². The number of aromatic nitrogens is 6. The first-order valence-corrected chi connectivity index (χ1v) is 30.1. The van der Waals surface area contributed by atoms with Gasteiger partial charge in [0.05, 0.1) is 123 Å². The monoisotopic (exact) mass is 1200 g/mol. The summed E-state index contributed by atoms with van der Waals surface area (Å²) in [4.78, 5) is 39.3. The number of aliphatic hydroxyl groups is 1. The molecule has 2 aliphatic rings. The summed E-state index contributed by atoms with van der Waals surface area (Å²) in [5, 5.41) is 53.7. The molecule has 3 atom stereocenters. The van der Waals surface area contributed by atoms with Crippen LogP contribution in [0.3, 0.4) is 0 Å². The minimum Gasteiger partial charge on any atom is -0.508 e. The second-order valence-electron chi connectivity index (χ2n) is 23.6. The van der Waals surface area contributed by atoms with Crippen LogP contribution < -0.4 is 15.4 Å². The second kappa shape index (κ2) is 31.9. The number of esters is 1. The van der Waals surface area contributed by atoms with Crippen LogP contribution in [-0.2, 0) is 79.4 Å². The lowest BCUT2D eigenvalue weighted by Crippen LogP contribution is -2.42. The molecule has 0 saturated carbocycles. The molecule has 2 aromatic heterocycles. The molecule has 2 aliphatic heterocycles. The first-order chi connectivity index (χ1) is 41.4. The zero-order chi connectivity index (χ0) is 61.7. The normalized spacial score (nSPS) is 15.4. The standard InChI is InChI=1S/C63H90N8O15/c1-9-60(36-72,30-44(4)5)37-82-40-61(10-2,38-80-35-48-33-71(69-67-48)23-24-79-26-25-78-8)41-83-42-62(11-3,43-84-45(6)7)39-81-34-47-32-70(68-66-47)22-14-12-13-15-57(75)64-31-58(76)65-46-16-19-52-51(27-46)59(77)86-63(52)53-20-17-49(73)28-55(53)85-56-29-50(74)18-21-54(56)63/h16-21,27-29,32-33,44-45,72-74H,9-15,22-26,30-31,34-43H2,1-8H3,(H,64,75)(H,65,76). The molecule has 0 saturated heterocycles. The summed E-state index contributed by atoms with van der Waals surface area (Å²) in [6.45, 7) is 20.3. The first-order valence-electron chi connectivity index (χ1n) is 30.1. The molecule has 3 unspecified atom stereocenters. The SMILES string of the molecule is CCC(COCc1cn(CCOCCOC)nn1)(COCC(CC)(COCc1cn(CCCCCC(=O)NCC(=O)Nc2ccc3c(c2)C(=O)OC32c3ccc(O)cc3Oc3cc(O)ccc32)nn1)COC(C)C)COCC(CC)(CO)CC(C)C. The summed E-state index contributed by atoms with van der Waals surface area (Å²) in [6.07, 6.45) is 9.12. The smallest absolute Gasteiger partial charge is 0.340 e. The average Bonchev–Trinajstić information content (AvgIpc) is 1.40. The van der Waals surface area contributed by atoms with Crippen molar-refractivity contribution in [2.24, 2.45) is 22.2 Å². The number of aromatic hydroxyl groups is 2. The second-order valence-corrected chi connectivity index (χ2v) is 23.6. The highest BCUT2D eigenvalue weighted by Crippen LogP contribution is 2.57. The predicted octanol–water partition coefficient (Wildman–Crippen LogP) is 8.25. The van der Waals surface area contributed by atoms with Crippen LogP contribution in [0.15, 0.2) is 67.0 Å². The summed E-state index contributed by atoms with van der Waals surface area (Å²) >= 11 is 0. The molecule has 4 heterocycles. The third-order valence-corrected chi connectivity index (χ3v) is 16.0. The molecule has 3 aromatic carbocycles. The number of aliphatic hydroxyl groups excluding tert-OH is 1. The number of anilines is 1. The number of hydrogen-bond donors (Lipinski definition) is 5. The van der Waals surface area contributed by atoms with Crippen LogP contribution in [-0.4, -0.2) is 156 Å². The number of carbonyl (C=O) groups is 3. The van der Waals surface area contributed by atoms with Crippen molar-refractivity contribution in [2.45, 2.75) is 138 Å². The van der Waals surface area contributed by atoms with E-state index in [1.165, 1.54) is 30.3 Å². The molecular formula is C63H90N8O15. The largest absolute Gasteiger partial charge is 0.508 e. The number of rotatable bonds is 40. The number of nitrogens with zero attached hydrogens (tertiary/aromatic N) is 6. The molecule has 86 heavy (non-hydrogen) atoms. The van der Waals surface area contributed by atoms with Gasteiger partial charge in [-0.1, -0.05) is 57.5 Å². The maximum atomic E-state index is 13.5. The fourth-order valence-corrected chi connectivity index (χ4v) is 10.7. The molecule has 5 N–H and O–H groups in total. The predicted molar refractivity (Wildman–Crippen MR) is 318 cm³/mol. The van der Waals surface area contributed by atoms with Gasteiger partial charge in [-0.2, -0.15) is 0 Å². The van der Waals surface area contributed by atoms with Gasteiger partial charge in [0, 0.05) is 70.8 Å². The molecular weight excluding hydrogens is 1110 g/mol. The van der Waals surface area contributed by atoms with E-state index in [2.05, 4.69) is 65.9 Å². The Morgan fingerprint density at radius 1 is 0.663 bits per heavy atom. The highest BCUT2D eigenvalue weighted by Gasteiger charge is 2.54. The van der Waals surface area contributed by atoms with Gasteiger partial charge in [0.25, 0.3) is 0 Å². The van der Waals surface area contributed by atoms with Crippen molar-refractivity contribution in [2.75, 3.05) is 91.6 Å². The van der Waals surface area contributed by atoms with Gasteiger partial charge in [0.2, 0.25) is 11.8 Å². The lowest BCUT2D eigenvalue weighted by molar-refractivity contribution is -0.126. The van der Waals surface area contributed by atoms with E-state index in [9.17, 15) is 29.7 Å². The van der Waals surface area contributed by atoms with Gasteiger partial charge in [-0.3, -0.25) is 14.3 Å². The Balaban J connectivity index is 0.850. The quantitative estimate of drug-likeness (QED) is 0.0182. The van der Waals surface area contributed by atoms with Crippen LogP contribution >= 0.6 is 0 Å². The first kappa shape index (κ1) is 66.9. The van der Waals surface area contributed by atoms with Crippen molar-refractivity contribution in [3.63, 3.8) is 0 Å². The third kappa shape index (κ3) is 18.0. The van der Waals surface area contributed by atoms with E-state index in [-0.39, 0.29) is 78.8 Å². The summed E-state index contributed by atoms with van der Waals surface area (Å²) < 4.78 is 58.6. The number of phenols is 2. The van der Waals surface area contributed by atoms with Crippen LogP contribution in [0.5, 0.6) is 23.0 Å². The Bertz CT molecular complexity index is 2910. The fraction of sp³-hybridized carbons (Fsp3) is 0.603. The number of nitrogens with one attached hydrogen (secondary N) is 2. The molecule has 0 aliphatic carbocycles. The molecule has 23 nitrogen and oxygen atoms in total. The Morgan fingerprint density at radius 2 is 1.23 bits per heavy atom. The van der Waals surface area contributed by atoms with Crippen LogP contribution in [0.4, 0.5) is 5.69 Å². The van der Waals surface area contributed by atoms with E-state index < -0.39 is 28.3 Å². The Kier molecular flexibility index (Phi) is 24.8. The van der Waals surface area contributed by atoms with Crippen molar-refractivity contribution in [3.05, 3.63) is 101 Å². The van der Waals surface area contributed by atoms with E-state index >= 15 is 0 Å². The Labute approximate surface area is 504 Å². The third-order valence-electron chi connectivity index (χ3n) is 16.0. The molecule has 0 fully saturated rings. The van der Waals surface area contributed by atoms with Crippen LogP contribution in [0.25, 0.3) is 0 Å². The number of hydrogen-bond acceptors (Lipinski definition) is 19. The topological polar surface area (TPSA) is 280 Å². The van der Waals surface area contributed by atoms with Crippen LogP contribution in [0.2, 0.25) is 0 Å². The molecule has 472 valence electrons. The average molecular weight is 1200 g/mol. The molecule has 0 radical (unpaired) electrons. The van der Waals surface area contributed by atoms with Crippen molar-refractivity contribution < 1.29 is 72.3 Å². The van der Waals surface area contributed by atoms with E-state index in [1.54, 1.807) is 40.7 Å². The molecule has 1 spiro atoms. The maximum Gasteiger partial charge on any atom is 0.340 e. The van der Waals surface area contributed by atoms with Gasteiger partial charge in [0.15, 0.2) is 5.60 Å². The Morgan fingerprint density at radius 3 is 1.80 bits per heavy atom. The summed E-state index contributed by atoms with van der Waals surface area (Å²) in [5.41, 5.74) is 0.624. The molecule has 2 amide bonds. The van der Waals surface area contributed by atoms with Gasteiger partial charge in [-0.15, -0.1) is 10.2 Å². The van der Waals surface area contributed by atoms with E-state index in [1.807, 2.05) is 26.2 Å². The van der Waals surface area contributed by atoms with Gasteiger partial charge >= 0.3 is 5.97 Å². The minimum absolute atomic E-state index is 0.00457. The number of unbranched alkanes of at least 4 members (excludes halogenated alkanes) is 2. The van der Waals surface area contributed by atoms with Crippen molar-refractivity contribution in [1.82, 2.24) is 35.3 Å². The zero-order valence-electron chi connectivity index (χ0n) is 51.4. The lowest BCUT2D eigenvalue weighted by Gasteiger charge is -2.38. The molecule has 5 aromatic rings. The van der Waals surface area contributed by atoms with E-state index in [4.69, 9.17) is 42.6 Å². The van der Waals surface area contributed by atoms with Crippen molar-refractivity contribution >= 4 is 23.5 Å². The zero-order valence-corrected chi connectivity index (χ0v) is 51.4. The number of carbonyl (C=O) groups excluding carboxylic acids is 3. The Hall–Kier alpha value is -6.57. The molecule has 0 bridgehead atoms. The number of amides is 2. The van der Waals surface area contributed by atoms with Crippen LogP contribution in [0.1, 0.15) is 138 Å². The maximum absolute atomic E-state index is 13.5. The number of fused-ring (bicyclic) bond motifs is 6. The number of aryl methyl sites for hydroxylation is 1. The number of methoxy groups -OCH3 is 1. The summed E-state index contributed by atoms with van der Waals surface area (Å²) in [7, 11) is 1.64. The summed E-state index contributed by atoms with van der Waals surface area (Å²) in [6, 6.07) is 13.9.